The molecular weight excluding hydrogens is 357 g/mol. The Morgan fingerprint density at radius 1 is 1.15 bits per heavy atom. The van der Waals surface area contributed by atoms with Crippen LogP contribution in [0.15, 0.2) is 58.2 Å². The van der Waals surface area contributed by atoms with Gasteiger partial charge in [-0.05, 0) is 30.3 Å². The lowest BCUT2D eigenvalue weighted by Gasteiger charge is -2.05. The van der Waals surface area contributed by atoms with Gasteiger partial charge in [0.15, 0.2) is 5.78 Å². The number of halogens is 1. The maximum absolute atomic E-state index is 14.1. The number of aromatic nitrogens is 2. The molecule has 0 atom stereocenters. The molecule has 0 aliphatic carbocycles. The van der Waals surface area contributed by atoms with Crippen LogP contribution in [0.4, 0.5) is 10.1 Å². The number of nitrogens with one attached hydrogen (secondary N) is 1. The number of nitrogens with zero attached hydrogens (tertiary/aromatic N) is 2. The molecule has 0 saturated heterocycles. The van der Waals surface area contributed by atoms with E-state index in [1.807, 2.05) is 30.3 Å². The van der Waals surface area contributed by atoms with Gasteiger partial charge in [-0.1, -0.05) is 30.0 Å². The Morgan fingerprint density at radius 2 is 1.92 bits per heavy atom. The Kier molecular flexibility index (Phi) is 5.43. The van der Waals surface area contributed by atoms with Crippen molar-refractivity contribution in [1.29, 1.82) is 0 Å². The summed E-state index contributed by atoms with van der Waals surface area (Å²) < 4.78 is 19.6. The van der Waals surface area contributed by atoms with Crippen molar-refractivity contribution in [3.63, 3.8) is 0 Å². The quantitative estimate of drug-likeness (QED) is 0.524. The third-order valence-electron chi connectivity index (χ3n) is 3.34. The van der Waals surface area contributed by atoms with Crippen LogP contribution in [0.2, 0.25) is 0 Å². The molecule has 1 aromatic heterocycles. The minimum Gasteiger partial charge on any atom is -0.411 e. The van der Waals surface area contributed by atoms with Gasteiger partial charge in [0.05, 0.1) is 11.3 Å². The molecule has 3 aromatic rings. The van der Waals surface area contributed by atoms with E-state index in [4.69, 9.17) is 4.42 Å². The van der Waals surface area contributed by atoms with Crippen molar-refractivity contribution < 1.29 is 18.4 Å². The van der Waals surface area contributed by atoms with Crippen LogP contribution in [-0.4, -0.2) is 27.6 Å². The average molecular weight is 371 g/mol. The number of anilines is 1. The maximum atomic E-state index is 14.1. The minimum atomic E-state index is -0.697. The van der Waals surface area contributed by atoms with Crippen molar-refractivity contribution in [3.8, 4) is 11.5 Å². The number of benzene rings is 2. The van der Waals surface area contributed by atoms with Gasteiger partial charge in [-0.15, -0.1) is 10.2 Å². The second-order valence-corrected chi connectivity index (χ2v) is 6.25. The summed E-state index contributed by atoms with van der Waals surface area (Å²) in [5.74, 6) is -1.12. The summed E-state index contributed by atoms with van der Waals surface area (Å²) in [5, 5.41) is 10.5. The van der Waals surface area contributed by atoms with Crippen molar-refractivity contribution in [1.82, 2.24) is 10.2 Å². The molecule has 132 valence electrons. The molecule has 0 aliphatic heterocycles. The minimum absolute atomic E-state index is 0.0488. The highest BCUT2D eigenvalue weighted by molar-refractivity contribution is 7.99. The Hall–Kier alpha value is -3.00. The van der Waals surface area contributed by atoms with Gasteiger partial charge in [-0.3, -0.25) is 9.59 Å². The number of hydrogen-bond donors (Lipinski definition) is 1. The molecule has 0 bridgehead atoms. The van der Waals surface area contributed by atoms with E-state index in [2.05, 4.69) is 15.5 Å². The molecule has 1 heterocycles. The van der Waals surface area contributed by atoms with Gasteiger partial charge in [0, 0.05) is 18.2 Å². The van der Waals surface area contributed by atoms with Gasteiger partial charge in [0.25, 0.3) is 5.22 Å². The molecule has 0 unspecified atom stereocenters. The van der Waals surface area contributed by atoms with E-state index < -0.39 is 11.6 Å². The summed E-state index contributed by atoms with van der Waals surface area (Å²) in [6.07, 6.45) is 0. The van der Waals surface area contributed by atoms with E-state index in [0.717, 1.165) is 23.4 Å². The fraction of sp³-hybridized carbons (Fsp3) is 0.111. The molecule has 2 aromatic carbocycles. The van der Waals surface area contributed by atoms with Gasteiger partial charge in [0.1, 0.15) is 5.82 Å². The molecule has 0 aliphatic rings. The molecule has 0 spiro atoms. The fourth-order valence-corrected chi connectivity index (χ4v) is 2.84. The van der Waals surface area contributed by atoms with Crippen LogP contribution >= 0.6 is 11.8 Å². The number of Topliss-reactive ketones (excluding diaryl/α,β-unsaturated/α-hetero) is 1. The van der Waals surface area contributed by atoms with Gasteiger partial charge in [-0.25, -0.2) is 4.39 Å². The smallest absolute Gasteiger partial charge is 0.277 e. The van der Waals surface area contributed by atoms with Crippen LogP contribution in [0.1, 0.15) is 17.3 Å². The number of amides is 1. The van der Waals surface area contributed by atoms with Crippen LogP contribution in [0, 0.1) is 5.82 Å². The number of rotatable bonds is 6. The van der Waals surface area contributed by atoms with Crippen LogP contribution < -0.4 is 5.32 Å². The van der Waals surface area contributed by atoms with Crippen LogP contribution in [0.5, 0.6) is 0 Å². The SMILES string of the molecule is CC(=O)Nc1ccc(C(=O)CSc2nnc(-c3ccccc3)o2)c(F)c1. The number of thioether (sulfide) groups is 1. The van der Waals surface area contributed by atoms with E-state index in [1.165, 1.54) is 19.1 Å². The predicted octanol–water partition coefficient (Wildman–Crippen LogP) is 3.81. The molecule has 0 radical (unpaired) electrons. The predicted molar refractivity (Wildman–Crippen MR) is 95.5 cm³/mol. The molecule has 1 N–H and O–H groups in total. The van der Waals surface area contributed by atoms with Crippen molar-refractivity contribution in [2.45, 2.75) is 12.1 Å². The Labute approximate surface area is 152 Å². The summed E-state index contributed by atoms with van der Waals surface area (Å²) in [7, 11) is 0. The fourth-order valence-electron chi connectivity index (χ4n) is 2.19. The van der Waals surface area contributed by atoms with Gasteiger partial charge >= 0.3 is 0 Å². The van der Waals surface area contributed by atoms with Crippen LogP contribution in [0.3, 0.4) is 0 Å². The standard InChI is InChI=1S/C18H14FN3O3S/c1-11(23)20-13-7-8-14(15(19)9-13)16(24)10-26-18-22-21-17(25-18)12-5-3-2-4-6-12/h2-9H,10H2,1H3,(H,20,23). The van der Waals surface area contributed by atoms with E-state index in [0.29, 0.717) is 11.6 Å². The lowest BCUT2D eigenvalue weighted by atomic mass is 10.1. The van der Waals surface area contributed by atoms with Gasteiger partial charge in [-0.2, -0.15) is 0 Å². The first-order valence-corrected chi connectivity index (χ1v) is 8.63. The molecule has 26 heavy (non-hydrogen) atoms. The zero-order valence-electron chi connectivity index (χ0n) is 13.7. The third-order valence-corrected chi connectivity index (χ3v) is 4.16. The number of carbonyl (C=O) groups excluding carboxylic acids is 2. The molecule has 0 saturated carbocycles. The second kappa shape index (κ2) is 7.92. The molecule has 0 fully saturated rings. The summed E-state index contributed by atoms with van der Waals surface area (Å²) in [6, 6.07) is 13.2. The first-order valence-electron chi connectivity index (χ1n) is 7.65. The normalized spacial score (nSPS) is 10.5. The molecular formula is C18H14FN3O3S. The largest absolute Gasteiger partial charge is 0.411 e. The van der Waals surface area contributed by atoms with Crippen molar-refractivity contribution in [3.05, 3.63) is 59.9 Å². The second-order valence-electron chi connectivity index (χ2n) is 5.33. The first-order chi connectivity index (χ1) is 12.5. The molecule has 3 rings (SSSR count). The summed E-state index contributed by atoms with van der Waals surface area (Å²) in [4.78, 5) is 23.2. The van der Waals surface area contributed by atoms with Crippen molar-refractivity contribution >= 4 is 29.1 Å². The van der Waals surface area contributed by atoms with Crippen LogP contribution in [-0.2, 0) is 4.79 Å². The first kappa shape index (κ1) is 17.8. The monoisotopic (exact) mass is 371 g/mol. The highest BCUT2D eigenvalue weighted by atomic mass is 32.2. The molecule has 1 amide bonds. The number of ketones is 1. The number of carbonyl (C=O) groups is 2. The topological polar surface area (TPSA) is 85.1 Å². The Morgan fingerprint density at radius 3 is 2.62 bits per heavy atom. The molecule has 8 heteroatoms. The van der Waals surface area contributed by atoms with E-state index in [-0.39, 0.29) is 22.4 Å². The summed E-state index contributed by atoms with van der Waals surface area (Å²) in [5.41, 5.74) is 1.01. The summed E-state index contributed by atoms with van der Waals surface area (Å²) in [6.45, 7) is 1.32. The third kappa shape index (κ3) is 4.34. The summed E-state index contributed by atoms with van der Waals surface area (Å²) >= 11 is 1.04. The van der Waals surface area contributed by atoms with E-state index in [1.54, 1.807) is 0 Å². The van der Waals surface area contributed by atoms with Crippen LogP contribution in [0.25, 0.3) is 11.5 Å². The molecule has 6 nitrogen and oxygen atoms in total. The van der Waals surface area contributed by atoms with Crippen molar-refractivity contribution in [2.24, 2.45) is 0 Å². The highest BCUT2D eigenvalue weighted by Crippen LogP contribution is 2.24. The zero-order valence-corrected chi connectivity index (χ0v) is 14.5. The lowest BCUT2D eigenvalue weighted by molar-refractivity contribution is -0.114. The van der Waals surface area contributed by atoms with Crippen molar-refractivity contribution in [2.75, 3.05) is 11.1 Å². The van der Waals surface area contributed by atoms with E-state index >= 15 is 0 Å². The van der Waals surface area contributed by atoms with Gasteiger partial charge < -0.3 is 9.73 Å². The zero-order chi connectivity index (χ0) is 18.5. The maximum Gasteiger partial charge on any atom is 0.277 e. The Balaban J connectivity index is 1.64. The van der Waals surface area contributed by atoms with E-state index in [9.17, 15) is 14.0 Å². The number of hydrogen-bond acceptors (Lipinski definition) is 6. The Bertz CT molecular complexity index is 944. The lowest BCUT2D eigenvalue weighted by Crippen LogP contribution is -2.09. The average Bonchev–Trinajstić information content (AvgIpc) is 3.09. The highest BCUT2D eigenvalue weighted by Gasteiger charge is 2.16. The van der Waals surface area contributed by atoms with Gasteiger partial charge in [0.2, 0.25) is 11.8 Å².